The van der Waals surface area contributed by atoms with E-state index in [-0.39, 0.29) is 0 Å². The third-order valence-corrected chi connectivity index (χ3v) is 2.55. The van der Waals surface area contributed by atoms with Crippen molar-refractivity contribution in [1.82, 2.24) is 0 Å². The summed E-state index contributed by atoms with van der Waals surface area (Å²) < 4.78 is 6.04. The van der Waals surface area contributed by atoms with Crippen LogP contribution in [-0.4, -0.2) is 7.11 Å². The molecule has 0 heterocycles. The average molecular weight is 412 g/mol. The Bertz CT molecular complexity index is 453. The predicted octanol–water partition coefficient (Wildman–Crippen LogP) is 3.44. The molecule has 0 saturated heterocycles. The molecule has 0 amide bonds. The molecule has 2 heteroatoms. The van der Waals surface area contributed by atoms with Crippen LogP contribution in [0.4, 0.5) is 0 Å². The quantitative estimate of drug-likeness (QED) is 0.291. The summed E-state index contributed by atoms with van der Waals surface area (Å²) in [6.45, 7) is 15.1. The molecule has 0 aliphatic carbocycles. The summed E-state index contributed by atoms with van der Waals surface area (Å²) in [5.41, 5.74) is 1.43. The van der Waals surface area contributed by atoms with Gasteiger partial charge in [-0.2, -0.15) is 0 Å². The Morgan fingerprint density at radius 2 is 1.41 bits per heavy atom. The number of hydrogen-bond acceptors (Lipinski definition) is 1. The van der Waals surface area contributed by atoms with Gasteiger partial charge in [0.25, 0.3) is 0 Å². The number of rotatable bonds is 5. The second-order valence-electron chi connectivity index (χ2n) is 3.30. The SMILES string of the molecule is C=[C]([Hg])/C=C\C(=C)C#CC(=C)/C=C\C(=C)OC. The fourth-order valence-corrected chi connectivity index (χ4v) is 1.18. The van der Waals surface area contributed by atoms with E-state index in [1.54, 1.807) is 19.3 Å². The van der Waals surface area contributed by atoms with E-state index in [9.17, 15) is 0 Å². The maximum absolute atomic E-state index is 4.89. The van der Waals surface area contributed by atoms with Crippen LogP contribution in [0.25, 0.3) is 0 Å². The van der Waals surface area contributed by atoms with Gasteiger partial charge in [-0.15, -0.1) is 0 Å². The normalized spacial score (nSPS) is 9.82. The molecule has 0 aliphatic rings. The van der Waals surface area contributed by atoms with Crippen LogP contribution >= 0.6 is 0 Å². The van der Waals surface area contributed by atoms with Crippen molar-refractivity contribution in [1.29, 1.82) is 0 Å². The van der Waals surface area contributed by atoms with Gasteiger partial charge in [0.05, 0.1) is 0 Å². The summed E-state index contributed by atoms with van der Waals surface area (Å²) in [7, 11) is 1.57. The van der Waals surface area contributed by atoms with Crippen LogP contribution in [0.2, 0.25) is 0 Å². The van der Waals surface area contributed by atoms with Crippen molar-refractivity contribution in [3.8, 4) is 11.8 Å². The molecular weight excluding hydrogens is 397 g/mol. The summed E-state index contributed by atoms with van der Waals surface area (Å²) in [4.78, 5) is 0. The Morgan fingerprint density at radius 3 is 1.82 bits per heavy atom. The molecule has 0 saturated carbocycles. The van der Waals surface area contributed by atoms with E-state index >= 15 is 0 Å². The number of hydrogen-bond donors (Lipinski definition) is 0. The van der Waals surface area contributed by atoms with Crippen LogP contribution in [0, 0.1) is 11.8 Å². The third kappa shape index (κ3) is 9.65. The minimum absolute atomic E-state index is 0.567. The van der Waals surface area contributed by atoms with Crippen molar-refractivity contribution in [3.05, 3.63) is 70.6 Å². The molecule has 0 radical (unpaired) electrons. The zero-order valence-corrected chi connectivity index (χ0v) is 15.8. The van der Waals surface area contributed by atoms with Crippen LogP contribution in [0.5, 0.6) is 0 Å². The molecule has 17 heavy (non-hydrogen) atoms. The van der Waals surface area contributed by atoms with E-state index in [0.29, 0.717) is 37.5 Å². The van der Waals surface area contributed by atoms with E-state index in [0.717, 1.165) is 8.65 Å². The molecule has 0 spiro atoms. The van der Waals surface area contributed by atoms with Gasteiger partial charge in [0.2, 0.25) is 0 Å². The van der Waals surface area contributed by atoms with Crippen molar-refractivity contribution in [2.45, 2.75) is 0 Å². The van der Waals surface area contributed by atoms with Gasteiger partial charge in [0.1, 0.15) is 0 Å². The topological polar surface area (TPSA) is 9.23 Å². The average Bonchev–Trinajstić information content (AvgIpc) is 2.30. The first-order valence-corrected chi connectivity index (χ1v) is 7.70. The molecule has 0 aliphatic heterocycles. The summed E-state index contributed by atoms with van der Waals surface area (Å²) in [5, 5.41) is 0. The van der Waals surface area contributed by atoms with Gasteiger partial charge in [-0.05, 0) is 0 Å². The third-order valence-electron chi connectivity index (χ3n) is 1.64. The van der Waals surface area contributed by atoms with Crippen LogP contribution in [0.1, 0.15) is 0 Å². The number of ether oxygens (including phenoxy) is 1. The molecule has 0 aromatic carbocycles. The van der Waals surface area contributed by atoms with E-state index in [2.05, 4.69) is 38.2 Å². The molecule has 0 aromatic heterocycles. The van der Waals surface area contributed by atoms with Gasteiger partial charge < -0.3 is 0 Å². The first-order valence-electron chi connectivity index (χ1n) is 4.95. The zero-order chi connectivity index (χ0) is 13.3. The second-order valence-corrected chi connectivity index (χ2v) is 6.83. The number of allylic oxidation sites excluding steroid dienone is 7. The van der Waals surface area contributed by atoms with Crippen molar-refractivity contribution in [2.24, 2.45) is 0 Å². The van der Waals surface area contributed by atoms with Crippen molar-refractivity contribution < 1.29 is 30.9 Å². The Kier molecular flexibility index (Phi) is 8.18. The van der Waals surface area contributed by atoms with Crippen LogP contribution in [-0.2, 0) is 30.9 Å². The predicted molar refractivity (Wildman–Crippen MR) is 69.6 cm³/mol. The summed E-state index contributed by atoms with van der Waals surface area (Å²) in [5.74, 6) is 6.37. The Morgan fingerprint density at radius 1 is 0.941 bits per heavy atom. The summed E-state index contributed by atoms with van der Waals surface area (Å²) in [6.07, 6.45) is 7.29. The van der Waals surface area contributed by atoms with Gasteiger partial charge in [0, 0.05) is 0 Å². The van der Waals surface area contributed by atoms with Crippen LogP contribution in [0.3, 0.4) is 0 Å². The standard InChI is InChI=1S/C15H15O.Hg/c1-6-7-8-13(2)9-10-14(3)11-12-15(4)16-5;/h7-8,11-12H,1-4H2,5H3;/b8-7-,12-11-;. The minimum atomic E-state index is 0.567. The molecule has 0 N–H and O–H groups in total. The van der Waals surface area contributed by atoms with E-state index in [1.807, 2.05) is 12.2 Å². The summed E-state index contributed by atoms with van der Waals surface area (Å²) in [6, 6.07) is 0. The maximum atomic E-state index is 4.89. The second kappa shape index (κ2) is 8.84. The number of methoxy groups -OCH3 is 1. The monoisotopic (exact) mass is 413 g/mol. The Balaban J connectivity index is 4.40. The van der Waals surface area contributed by atoms with Crippen LogP contribution < -0.4 is 0 Å². The van der Waals surface area contributed by atoms with Gasteiger partial charge in [-0.3, -0.25) is 0 Å². The van der Waals surface area contributed by atoms with Gasteiger partial charge >= 0.3 is 120 Å². The summed E-state index contributed by atoms with van der Waals surface area (Å²) >= 11 is 0.567. The van der Waals surface area contributed by atoms with Crippen molar-refractivity contribution >= 4 is 0 Å². The molecular formula is C15H15HgO. The Hall–Kier alpha value is -1.26. The molecule has 0 aromatic rings. The molecule has 0 atom stereocenters. The fraction of sp³-hybridized carbons (Fsp3) is 0.0667. The van der Waals surface area contributed by atoms with E-state index in [1.165, 1.54) is 0 Å². The van der Waals surface area contributed by atoms with Gasteiger partial charge in [-0.1, -0.05) is 0 Å². The van der Waals surface area contributed by atoms with Gasteiger partial charge in [0.15, 0.2) is 0 Å². The molecule has 0 rings (SSSR count). The fourth-order valence-electron chi connectivity index (χ4n) is 0.724. The molecule has 0 fully saturated rings. The molecule has 0 unspecified atom stereocenters. The van der Waals surface area contributed by atoms with Crippen LogP contribution in [0.15, 0.2) is 70.6 Å². The first-order chi connectivity index (χ1) is 7.95. The van der Waals surface area contributed by atoms with Gasteiger partial charge in [-0.25, -0.2) is 0 Å². The Labute approximate surface area is 120 Å². The van der Waals surface area contributed by atoms with Crippen molar-refractivity contribution in [2.75, 3.05) is 7.11 Å². The van der Waals surface area contributed by atoms with E-state index < -0.39 is 0 Å². The van der Waals surface area contributed by atoms with Crippen molar-refractivity contribution in [3.63, 3.8) is 0 Å². The zero-order valence-electron chi connectivity index (χ0n) is 10.3. The van der Waals surface area contributed by atoms with E-state index in [4.69, 9.17) is 4.74 Å². The first kappa shape index (κ1) is 15.7. The molecule has 0 bridgehead atoms. The molecule has 1 nitrogen and oxygen atoms in total. The molecule has 83 valence electrons.